The van der Waals surface area contributed by atoms with Crippen molar-refractivity contribution >= 4 is 0 Å². The molecule has 0 saturated heterocycles. The van der Waals surface area contributed by atoms with Crippen molar-refractivity contribution in [3.8, 4) is 17.2 Å². The normalized spacial score (nSPS) is 12.7. The molecule has 3 nitrogen and oxygen atoms in total. The van der Waals surface area contributed by atoms with Gasteiger partial charge >= 0.3 is 0 Å². The number of rotatable bonds is 8. The van der Waals surface area contributed by atoms with Crippen molar-refractivity contribution in [3.63, 3.8) is 0 Å². The molecule has 1 aromatic rings. The number of aryl methyl sites for hydroxylation is 1. The van der Waals surface area contributed by atoms with Crippen LogP contribution in [0, 0.1) is 6.92 Å². The Kier molecular flexibility index (Phi) is 5.37. The molecule has 19 heavy (non-hydrogen) atoms. The van der Waals surface area contributed by atoms with Gasteiger partial charge in [0, 0.05) is 6.07 Å². The van der Waals surface area contributed by atoms with Crippen LogP contribution in [0.3, 0.4) is 0 Å². The lowest BCUT2D eigenvalue weighted by Gasteiger charge is -2.10. The monoisotopic (exact) mass is 264 g/mol. The fourth-order valence-corrected chi connectivity index (χ4v) is 2.24. The second-order valence-electron chi connectivity index (χ2n) is 5.09. The quantitative estimate of drug-likeness (QED) is 0.649. The molecule has 1 aliphatic heterocycles. The zero-order chi connectivity index (χ0) is 13.5. The van der Waals surface area contributed by atoms with Crippen LogP contribution in [0.15, 0.2) is 12.1 Å². The highest BCUT2D eigenvalue weighted by atomic mass is 16.7. The van der Waals surface area contributed by atoms with Gasteiger partial charge in [0.25, 0.3) is 0 Å². The lowest BCUT2D eigenvalue weighted by molar-refractivity contribution is 0.173. The number of ether oxygens (including phenoxy) is 3. The van der Waals surface area contributed by atoms with Crippen molar-refractivity contribution in [1.29, 1.82) is 0 Å². The van der Waals surface area contributed by atoms with Crippen LogP contribution < -0.4 is 14.2 Å². The maximum Gasteiger partial charge on any atom is 0.231 e. The molecule has 0 aliphatic carbocycles. The van der Waals surface area contributed by atoms with Crippen molar-refractivity contribution < 1.29 is 14.2 Å². The van der Waals surface area contributed by atoms with Gasteiger partial charge in [-0.1, -0.05) is 39.0 Å². The lowest BCUT2D eigenvalue weighted by Crippen LogP contribution is -1.99. The molecule has 0 saturated carbocycles. The molecule has 0 radical (unpaired) electrons. The average molecular weight is 264 g/mol. The SMILES string of the molecule is CCCCCCCCOc1cc2c(cc1C)OCO2. The minimum atomic E-state index is 0.315. The largest absolute Gasteiger partial charge is 0.493 e. The van der Waals surface area contributed by atoms with E-state index in [1.807, 2.05) is 19.1 Å². The standard InChI is InChI=1S/C16H24O3/c1-3-4-5-6-7-8-9-17-14-11-16-15(10-13(14)2)18-12-19-16/h10-11H,3-9,12H2,1-2H3. The molecule has 3 heteroatoms. The highest BCUT2D eigenvalue weighted by molar-refractivity contribution is 5.51. The Hall–Kier alpha value is -1.38. The smallest absolute Gasteiger partial charge is 0.231 e. The molecule has 0 N–H and O–H groups in total. The van der Waals surface area contributed by atoms with Gasteiger partial charge in [-0.3, -0.25) is 0 Å². The van der Waals surface area contributed by atoms with Gasteiger partial charge in [0.1, 0.15) is 5.75 Å². The Bertz CT molecular complexity index is 401. The first kappa shape index (κ1) is 14.0. The molecule has 106 valence electrons. The van der Waals surface area contributed by atoms with Crippen LogP contribution in [0.1, 0.15) is 51.0 Å². The summed E-state index contributed by atoms with van der Waals surface area (Å²) < 4.78 is 16.5. The Morgan fingerprint density at radius 2 is 1.68 bits per heavy atom. The molecule has 0 aromatic heterocycles. The fourth-order valence-electron chi connectivity index (χ4n) is 2.24. The van der Waals surface area contributed by atoms with Gasteiger partial charge in [0.2, 0.25) is 6.79 Å². The molecular weight excluding hydrogens is 240 g/mol. The molecule has 2 rings (SSSR count). The maximum absolute atomic E-state index is 5.83. The number of hydrogen-bond donors (Lipinski definition) is 0. The Labute approximate surface area is 115 Å². The van der Waals surface area contributed by atoms with Crippen molar-refractivity contribution in [2.75, 3.05) is 13.4 Å². The van der Waals surface area contributed by atoms with Gasteiger partial charge in [-0.15, -0.1) is 0 Å². The number of unbranched alkanes of at least 4 members (excludes halogenated alkanes) is 5. The Balaban J connectivity index is 1.71. The minimum Gasteiger partial charge on any atom is -0.493 e. The van der Waals surface area contributed by atoms with Crippen molar-refractivity contribution in [3.05, 3.63) is 17.7 Å². The minimum absolute atomic E-state index is 0.315. The number of hydrogen-bond acceptors (Lipinski definition) is 3. The zero-order valence-electron chi connectivity index (χ0n) is 12.0. The summed E-state index contributed by atoms with van der Waals surface area (Å²) >= 11 is 0. The summed E-state index contributed by atoms with van der Waals surface area (Å²) in [6.45, 7) is 5.38. The van der Waals surface area contributed by atoms with E-state index < -0.39 is 0 Å². The number of fused-ring (bicyclic) bond motifs is 1. The van der Waals surface area contributed by atoms with Crippen molar-refractivity contribution in [2.24, 2.45) is 0 Å². The second kappa shape index (κ2) is 7.27. The number of benzene rings is 1. The van der Waals surface area contributed by atoms with E-state index in [1.165, 1.54) is 32.1 Å². The second-order valence-corrected chi connectivity index (χ2v) is 5.09. The summed E-state index contributed by atoms with van der Waals surface area (Å²) in [4.78, 5) is 0. The molecule has 0 amide bonds. The van der Waals surface area contributed by atoms with Crippen LogP contribution >= 0.6 is 0 Å². The van der Waals surface area contributed by atoms with E-state index >= 15 is 0 Å². The maximum atomic E-state index is 5.83. The molecule has 1 aliphatic rings. The van der Waals surface area contributed by atoms with Gasteiger partial charge in [0.05, 0.1) is 6.61 Å². The first-order valence-corrected chi connectivity index (χ1v) is 7.34. The third-order valence-electron chi connectivity index (χ3n) is 3.43. The molecule has 1 aromatic carbocycles. The first-order valence-electron chi connectivity index (χ1n) is 7.34. The van der Waals surface area contributed by atoms with E-state index in [1.54, 1.807) is 0 Å². The average Bonchev–Trinajstić information content (AvgIpc) is 2.84. The molecule has 0 spiro atoms. The van der Waals surface area contributed by atoms with E-state index in [4.69, 9.17) is 14.2 Å². The van der Waals surface area contributed by atoms with Crippen molar-refractivity contribution in [2.45, 2.75) is 52.4 Å². The van der Waals surface area contributed by atoms with Crippen LogP contribution in [-0.2, 0) is 0 Å². The topological polar surface area (TPSA) is 27.7 Å². The van der Waals surface area contributed by atoms with Crippen LogP contribution in [0.25, 0.3) is 0 Å². The summed E-state index contributed by atoms with van der Waals surface area (Å²) in [7, 11) is 0. The van der Waals surface area contributed by atoms with Crippen molar-refractivity contribution in [1.82, 2.24) is 0 Å². The highest BCUT2D eigenvalue weighted by Gasteiger charge is 2.16. The summed E-state index contributed by atoms with van der Waals surface area (Å²) in [5.74, 6) is 2.53. The fraction of sp³-hybridized carbons (Fsp3) is 0.625. The van der Waals surface area contributed by atoms with Gasteiger partial charge in [-0.05, 0) is 25.0 Å². The van der Waals surface area contributed by atoms with E-state index in [9.17, 15) is 0 Å². The van der Waals surface area contributed by atoms with Gasteiger partial charge in [0.15, 0.2) is 11.5 Å². The molecule has 0 atom stereocenters. The Morgan fingerprint density at radius 1 is 1.00 bits per heavy atom. The third-order valence-corrected chi connectivity index (χ3v) is 3.43. The predicted molar refractivity (Wildman–Crippen MR) is 76.2 cm³/mol. The molecule has 0 unspecified atom stereocenters. The summed E-state index contributed by atoms with van der Waals surface area (Å²) in [5.41, 5.74) is 1.11. The van der Waals surface area contributed by atoms with Crippen LogP contribution in [0.2, 0.25) is 0 Å². The first-order chi connectivity index (χ1) is 9.31. The van der Waals surface area contributed by atoms with Gasteiger partial charge < -0.3 is 14.2 Å². The molecular formula is C16H24O3. The third kappa shape index (κ3) is 4.05. The molecule has 0 bridgehead atoms. The summed E-state index contributed by atoms with van der Waals surface area (Å²) in [6, 6.07) is 3.92. The van der Waals surface area contributed by atoms with E-state index in [-0.39, 0.29) is 0 Å². The van der Waals surface area contributed by atoms with Crippen LogP contribution in [0.4, 0.5) is 0 Å². The van der Waals surface area contributed by atoms with Crippen LogP contribution in [0.5, 0.6) is 17.2 Å². The molecule has 1 heterocycles. The van der Waals surface area contributed by atoms with E-state index in [0.717, 1.165) is 35.8 Å². The summed E-state index contributed by atoms with van der Waals surface area (Å²) in [6.07, 6.45) is 7.69. The lowest BCUT2D eigenvalue weighted by atomic mass is 10.1. The van der Waals surface area contributed by atoms with Gasteiger partial charge in [-0.2, -0.15) is 0 Å². The zero-order valence-corrected chi connectivity index (χ0v) is 12.0. The summed E-state index contributed by atoms with van der Waals surface area (Å²) in [5, 5.41) is 0. The van der Waals surface area contributed by atoms with Crippen LogP contribution in [-0.4, -0.2) is 13.4 Å². The molecule has 0 fully saturated rings. The van der Waals surface area contributed by atoms with E-state index in [2.05, 4.69) is 6.92 Å². The van der Waals surface area contributed by atoms with E-state index in [0.29, 0.717) is 6.79 Å². The predicted octanol–water partition coefficient (Wildman–Crippen LogP) is 4.46. The van der Waals surface area contributed by atoms with Gasteiger partial charge in [-0.25, -0.2) is 0 Å². The Morgan fingerprint density at radius 3 is 2.47 bits per heavy atom. The highest BCUT2D eigenvalue weighted by Crippen LogP contribution is 2.37.